The minimum atomic E-state index is -0.458. The van der Waals surface area contributed by atoms with E-state index in [2.05, 4.69) is 60.8 Å². The number of imidazole rings is 1. The molecule has 11 nitrogen and oxygen atoms in total. The Labute approximate surface area is 202 Å². The summed E-state index contributed by atoms with van der Waals surface area (Å²) in [5.74, 6) is 1.13. The molecule has 0 saturated carbocycles. The van der Waals surface area contributed by atoms with E-state index in [-0.39, 0.29) is 5.69 Å². The van der Waals surface area contributed by atoms with Gasteiger partial charge in [-0.15, -0.1) is 5.10 Å². The number of hydrogen-bond donors (Lipinski definition) is 1. The first-order chi connectivity index (χ1) is 17.1. The molecular formula is C24H28N10O. The number of allylic oxidation sites excluding steroid dienone is 1. The third-order valence-corrected chi connectivity index (χ3v) is 6.50. The molecule has 1 atom stereocenters. The fourth-order valence-corrected chi connectivity index (χ4v) is 4.56. The summed E-state index contributed by atoms with van der Waals surface area (Å²) >= 11 is 0. The van der Waals surface area contributed by atoms with E-state index >= 15 is 0 Å². The average molecular weight is 473 g/mol. The quantitative estimate of drug-likeness (QED) is 0.399. The van der Waals surface area contributed by atoms with Gasteiger partial charge in [0.25, 0.3) is 0 Å². The van der Waals surface area contributed by atoms with E-state index in [1.807, 2.05) is 42.2 Å². The Morgan fingerprint density at radius 2 is 2.14 bits per heavy atom. The number of aryl methyl sites for hydroxylation is 2. The molecule has 1 aliphatic heterocycles. The van der Waals surface area contributed by atoms with Crippen LogP contribution in [0.1, 0.15) is 44.4 Å². The van der Waals surface area contributed by atoms with E-state index in [0.29, 0.717) is 31.3 Å². The zero-order valence-corrected chi connectivity index (χ0v) is 19.9. The molecule has 3 aromatic heterocycles. The highest BCUT2D eigenvalue weighted by Gasteiger charge is 2.33. The Morgan fingerprint density at radius 3 is 2.89 bits per heavy atom. The predicted octanol–water partition coefficient (Wildman–Crippen LogP) is 2.70. The van der Waals surface area contributed by atoms with E-state index in [9.17, 15) is 4.79 Å². The van der Waals surface area contributed by atoms with Crippen molar-refractivity contribution in [2.45, 2.75) is 58.0 Å². The normalized spacial score (nSPS) is 17.3. The summed E-state index contributed by atoms with van der Waals surface area (Å²) in [5.41, 5.74) is 2.35. The third-order valence-electron chi connectivity index (χ3n) is 6.50. The molecule has 0 spiro atoms. The van der Waals surface area contributed by atoms with Crippen molar-refractivity contribution in [3.63, 3.8) is 0 Å². The second-order valence-electron chi connectivity index (χ2n) is 8.68. The highest BCUT2D eigenvalue weighted by molar-refractivity contribution is 5.65. The number of H-pyrrole nitrogens is 1. The SMILES string of the molecule is CCCCc1cn(-c2ncnn2CC)c(=O)n1CC1(c2cccc(-c3nnn[nH]3)c2)C=CN=CC1. The van der Waals surface area contributed by atoms with Gasteiger partial charge in [-0.25, -0.2) is 19.1 Å². The standard InChI is InChI=1S/C24H28N10O/c1-3-5-9-20-15-32(22-26-17-27-34(22)4-2)23(35)33(20)16-24(10-12-25-13-11-24)19-8-6-7-18(14-19)21-28-30-31-29-21/h6-8,10,12-15,17H,3-5,9,11,16H2,1-2H3,(H,28,29,30,31). The molecule has 1 unspecified atom stereocenters. The molecule has 0 radical (unpaired) electrons. The summed E-state index contributed by atoms with van der Waals surface area (Å²) in [6.07, 6.45) is 12.7. The number of aliphatic imine (C=N–C) groups is 1. The number of aromatic amines is 1. The highest BCUT2D eigenvalue weighted by Crippen LogP contribution is 2.35. The van der Waals surface area contributed by atoms with E-state index in [1.54, 1.807) is 9.25 Å². The van der Waals surface area contributed by atoms with Crippen LogP contribution in [-0.2, 0) is 24.9 Å². The van der Waals surface area contributed by atoms with Gasteiger partial charge in [0.1, 0.15) is 6.33 Å². The predicted molar refractivity (Wildman–Crippen MR) is 131 cm³/mol. The Morgan fingerprint density at radius 1 is 1.23 bits per heavy atom. The van der Waals surface area contributed by atoms with Crippen LogP contribution >= 0.6 is 0 Å². The van der Waals surface area contributed by atoms with Gasteiger partial charge in [-0.1, -0.05) is 37.6 Å². The van der Waals surface area contributed by atoms with Crippen LogP contribution in [0.4, 0.5) is 0 Å². The number of unbranched alkanes of at least 4 members (excludes halogenated alkanes) is 1. The van der Waals surface area contributed by atoms with Gasteiger partial charge in [-0.3, -0.25) is 9.56 Å². The molecule has 180 valence electrons. The average Bonchev–Trinajstić information content (AvgIpc) is 3.65. The number of tetrazole rings is 1. The highest BCUT2D eigenvalue weighted by atomic mass is 16.2. The minimum Gasteiger partial charge on any atom is -0.295 e. The van der Waals surface area contributed by atoms with Crippen molar-refractivity contribution < 1.29 is 0 Å². The smallest absolute Gasteiger partial charge is 0.295 e. The van der Waals surface area contributed by atoms with Gasteiger partial charge in [0.15, 0.2) is 5.82 Å². The molecule has 0 bridgehead atoms. The largest absolute Gasteiger partial charge is 0.335 e. The van der Waals surface area contributed by atoms with E-state index in [1.165, 1.54) is 6.33 Å². The second-order valence-corrected chi connectivity index (χ2v) is 8.68. The zero-order chi connectivity index (χ0) is 24.3. The topological polar surface area (TPSA) is 124 Å². The molecule has 35 heavy (non-hydrogen) atoms. The van der Waals surface area contributed by atoms with E-state index in [4.69, 9.17) is 0 Å². The van der Waals surface area contributed by atoms with Crippen molar-refractivity contribution >= 4 is 6.21 Å². The third kappa shape index (κ3) is 4.25. The van der Waals surface area contributed by atoms with Crippen LogP contribution in [0.25, 0.3) is 17.3 Å². The summed E-state index contributed by atoms with van der Waals surface area (Å²) in [7, 11) is 0. The zero-order valence-electron chi connectivity index (χ0n) is 19.9. The van der Waals surface area contributed by atoms with Crippen LogP contribution in [0.15, 0.2) is 58.9 Å². The molecule has 0 fully saturated rings. The number of rotatable bonds is 9. The van der Waals surface area contributed by atoms with E-state index < -0.39 is 5.41 Å². The van der Waals surface area contributed by atoms with Gasteiger partial charge in [-0.2, -0.15) is 10.1 Å². The van der Waals surface area contributed by atoms with Gasteiger partial charge < -0.3 is 0 Å². The molecule has 1 aliphatic rings. The van der Waals surface area contributed by atoms with Gasteiger partial charge in [0.2, 0.25) is 5.95 Å². The fourth-order valence-electron chi connectivity index (χ4n) is 4.56. The first-order valence-electron chi connectivity index (χ1n) is 11.9. The summed E-state index contributed by atoms with van der Waals surface area (Å²) in [6, 6.07) is 8.11. The lowest BCUT2D eigenvalue weighted by molar-refractivity contribution is 0.438. The Bertz CT molecular complexity index is 1410. The molecule has 0 amide bonds. The van der Waals surface area contributed by atoms with Crippen LogP contribution in [0.3, 0.4) is 0 Å². The van der Waals surface area contributed by atoms with Crippen molar-refractivity contribution in [2.75, 3.05) is 0 Å². The molecule has 4 heterocycles. The number of nitrogens with one attached hydrogen (secondary N) is 1. The van der Waals surface area contributed by atoms with Gasteiger partial charge >= 0.3 is 5.69 Å². The minimum absolute atomic E-state index is 0.121. The fraction of sp³-hybridized carbons (Fsp3) is 0.375. The van der Waals surface area contributed by atoms with Crippen molar-refractivity contribution in [1.29, 1.82) is 0 Å². The maximum absolute atomic E-state index is 13.8. The molecule has 4 aromatic rings. The summed E-state index contributed by atoms with van der Waals surface area (Å²) in [4.78, 5) is 22.5. The lowest BCUT2D eigenvalue weighted by Gasteiger charge is -2.32. The van der Waals surface area contributed by atoms with Gasteiger partial charge in [-0.05, 0) is 48.2 Å². The van der Waals surface area contributed by atoms with Gasteiger partial charge in [0.05, 0.1) is 0 Å². The number of nitrogens with zero attached hydrogens (tertiary/aromatic N) is 9. The van der Waals surface area contributed by atoms with Crippen LogP contribution in [0, 0.1) is 0 Å². The van der Waals surface area contributed by atoms with Gasteiger partial charge in [0, 0.05) is 48.4 Å². The van der Waals surface area contributed by atoms with Crippen molar-refractivity contribution in [2.24, 2.45) is 4.99 Å². The Hall–Kier alpha value is -4.15. The molecule has 1 aromatic carbocycles. The molecule has 11 heteroatoms. The lowest BCUT2D eigenvalue weighted by atomic mass is 9.76. The van der Waals surface area contributed by atoms with Crippen molar-refractivity contribution in [3.8, 4) is 17.3 Å². The second kappa shape index (κ2) is 9.61. The number of benzene rings is 1. The molecule has 0 aliphatic carbocycles. The molecule has 5 rings (SSSR count). The first kappa shape index (κ1) is 22.6. The molecule has 0 saturated heterocycles. The number of aromatic nitrogens is 9. The van der Waals surface area contributed by atoms with Crippen LogP contribution < -0.4 is 5.69 Å². The van der Waals surface area contributed by atoms with Crippen molar-refractivity contribution in [3.05, 3.63) is 70.8 Å². The first-order valence-corrected chi connectivity index (χ1v) is 11.9. The van der Waals surface area contributed by atoms with Crippen LogP contribution in [0.2, 0.25) is 0 Å². The maximum Gasteiger partial charge on any atom is 0.335 e. The maximum atomic E-state index is 13.8. The summed E-state index contributed by atoms with van der Waals surface area (Å²) in [6.45, 7) is 5.23. The lowest BCUT2D eigenvalue weighted by Crippen LogP contribution is -2.37. The summed E-state index contributed by atoms with van der Waals surface area (Å²) in [5, 5.41) is 18.5. The van der Waals surface area contributed by atoms with Crippen LogP contribution in [-0.4, -0.2) is 50.7 Å². The Kier molecular flexibility index (Phi) is 6.21. The van der Waals surface area contributed by atoms with Crippen LogP contribution in [0.5, 0.6) is 0 Å². The van der Waals surface area contributed by atoms with Crippen molar-refractivity contribution in [1.82, 2.24) is 44.5 Å². The summed E-state index contributed by atoms with van der Waals surface area (Å²) < 4.78 is 5.23. The molecular weight excluding hydrogens is 444 g/mol. The molecule has 1 N–H and O–H groups in total. The monoisotopic (exact) mass is 472 g/mol. The Balaban J connectivity index is 1.61. The van der Waals surface area contributed by atoms with E-state index in [0.717, 1.165) is 36.1 Å². The number of hydrogen-bond acceptors (Lipinski definition) is 7.